The predicted octanol–water partition coefficient (Wildman–Crippen LogP) is 4.78. The van der Waals surface area contributed by atoms with E-state index in [1.54, 1.807) is 0 Å². The molecule has 0 aromatic heterocycles. The number of halogens is 1. The van der Waals surface area contributed by atoms with Crippen molar-refractivity contribution in [3.8, 4) is 0 Å². The Morgan fingerprint density at radius 3 is 2.29 bits per heavy atom. The Morgan fingerprint density at radius 1 is 1.18 bits per heavy atom. The Balaban J connectivity index is 1.75. The van der Waals surface area contributed by atoms with Gasteiger partial charge in [-0.1, -0.05) is 42.6 Å². The number of rotatable bonds is 6. The van der Waals surface area contributed by atoms with Crippen LogP contribution in [0.1, 0.15) is 58.8 Å². The van der Waals surface area contributed by atoms with Gasteiger partial charge in [0.15, 0.2) is 0 Å². The third-order valence-corrected chi connectivity index (χ3v) is 5.78. The standard InChI is InChI=1S/C15H27BrO/c1-12(2)14-5-8-15(11-16,9-6-14)17-10-7-13-3-4-13/h12-14H,3-11H2,1-2H3. The molecule has 0 aromatic rings. The van der Waals surface area contributed by atoms with Crippen molar-refractivity contribution in [2.75, 3.05) is 11.9 Å². The van der Waals surface area contributed by atoms with Crippen LogP contribution in [0.15, 0.2) is 0 Å². The lowest BCUT2D eigenvalue weighted by Gasteiger charge is -2.40. The maximum Gasteiger partial charge on any atom is 0.0779 e. The molecule has 0 atom stereocenters. The highest BCUT2D eigenvalue weighted by Crippen LogP contribution is 2.40. The SMILES string of the molecule is CC(C)C1CCC(CBr)(OCCC2CC2)CC1. The molecule has 2 aliphatic carbocycles. The zero-order valence-corrected chi connectivity index (χ0v) is 13.0. The van der Waals surface area contributed by atoms with Gasteiger partial charge < -0.3 is 4.74 Å². The van der Waals surface area contributed by atoms with Crippen LogP contribution >= 0.6 is 15.9 Å². The van der Waals surface area contributed by atoms with E-state index in [4.69, 9.17) is 4.74 Å². The maximum absolute atomic E-state index is 6.25. The summed E-state index contributed by atoms with van der Waals surface area (Å²) >= 11 is 3.68. The van der Waals surface area contributed by atoms with Gasteiger partial charge in [0.2, 0.25) is 0 Å². The van der Waals surface area contributed by atoms with Crippen LogP contribution in [-0.2, 0) is 4.74 Å². The molecule has 100 valence electrons. The molecule has 2 rings (SSSR count). The summed E-state index contributed by atoms with van der Waals surface area (Å²) in [6.07, 6.45) is 9.40. The lowest BCUT2D eigenvalue weighted by Crippen LogP contribution is -2.40. The molecular formula is C15H27BrO. The molecule has 2 aliphatic rings. The van der Waals surface area contributed by atoms with E-state index in [9.17, 15) is 0 Å². The minimum atomic E-state index is 0.167. The van der Waals surface area contributed by atoms with E-state index in [-0.39, 0.29) is 5.60 Å². The topological polar surface area (TPSA) is 9.23 Å². The lowest BCUT2D eigenvalue weighted by atomic mass is 9.75. The van der Waals surface area contributed by atoms with Gasteiger partial charge in [-0.15, -0.1) is 0 Å². The van der Waals surface area contributed by atoms with Gasteiger partial charge in [-0.2, -0.15) is 0 Å². The van der Waals surface area contributed by atoms with E-state index in [2.05, 4.69) is 29.8 Å². The van der Waals surface area contributed by atoms with Crippen LogP contribution in [0.25, 0.3) is 0 Å². The maximum atomic E-state index is 6.25. The molecule has 0 unspecified atom stereocenters. The Bertz CT molecular complexity index is 222. The third kappa shape index (κ3) is 3.96. The molecule has 0 aliphatic heterocycles. The molecule has 2 fully saturated rings. The second-order valence-corrected chi connectivity index (χ2v) is 7.04. The first-order valence-corrected chi connectivity index (χ1v) is 8.47. The fraction of sp³-hybridized carbons (Fsp3) is 1.00. The monoisotopic (exact) mass is 302 g/mol. The number of hydrogen-bond donors (Lipinski definition) is 0. The normalized spacial score (nSPS) is 34.2. The first kappa shape index (κ1) is 13.9. The summed E-state index contributed by atoms with van der Waals surface area (Å²) in [6.45, 7) is 5.71. The highest BCUT2D eigenvalue weighted by molar-refractivity contribution is 9.09. The summed E-state index contributed by atoms with van der Waals surface area (Å²) in [5.41, 5.74) is 0.167. The van der Waals surface area contributed by atoms with Crippen molar-refractivity contribution < 1.29 is 4.74 Å². The van der Waals surface area contributed by atoms with Crippen molar-refractivity contribution in [3.63, 3.8) is 0 Å². The van der Waals surface area contributed by atoms with Crippen LogP contribution in [0.2, 0.25) is 0 Å². The average Bonchev–Trinajstić information content (AvgIpc) is 3.14. The fourth-order valence-corrected chi connectivity index (χ4v) is 3.72. The Morgan fingerprint density at radius 2 is 1.82 bits per heavy atom. The Hall–Kier alpha value is 0.440. The van der Waals surface area contributed by atoms with E-state index in [1.807, 2.05) is 0 Å². The van der Waals surface area contributed by atoms with E-state index >= 15 is 0 Å². The van der Waals surface area contributed by atoms with Gasteiger partial charge in [-0.3, -0.25) is 0 Å². The summed E-state index contributed by atoms with van der Waals surface area (Å²) in [4.78, 5) is 0. The van der Waals surface area contributed by atoms with Gasteiger partial charge in [0.1, 0.15) is 0 Å². The molecule has 0 radical (unpaired) electrons. The number of hydrogen-bond acceptors (Lipinski definition) is 1. The molecule has 17 heavy (non-hydrogen) atoms. The van der Waals surface area contributed by atoms with Crippen molar-refractivity contribution in [2.24, 2.45) is 17.8 Å². The molecule has 0 aromatic carbocycles. The zero-order chi connectivity index (χ0) is 12.3. The molecule has 0 N–H and O–H groups in total. The van der Waals surface area contributed by atoms with E-state index in [0.29, 0.717) is 0 Å². The molecule has 2 heteroatoms. The smallest absolute Gasteiger partial charge is 0.0779 e. The Kier molecular flexibility index (Phi) is 4.94. The van der Waals surface area contributed by atoms with Crippen molar-refractivity contribution in [2.45, 2.75) is 64.4 Å². The van der Waals surface area contributed by atoms with E-state index in [0.717, 1.165) is 29.7 Å². The molecule has 0 bridgehead atoms. The van der Waals surface area contributed by atoms with Gasteiger partial charge >= 0.3 is 0 Å². The minimum absolute atomic E-state index is 0.167. The van der Waals surface area contributed by atoms with E-state index in [1.165, 1.54) is 44.9 Å². The van der Waals surface area contributed by atoms with Crippen LogP contribution in [0, 0.1) is 17.8 Å². The van der Waals surface area contributed by atoms with Gasteiger partial charge in [0, 0.05) is 11.9 Å². The summed E-state index contributed by atoms with van der Waals surface area (Å²) in [6, 6.07) is 0. The minimum Gasteiger partial charge on any atom is -0.374 e. The van der Waals surface area contributed by atoms with Gasteiger partial charge in [-0.25, -0.2) is 0 Å². The first-order chi connectivity index (χ1) is 8.15. The predicted molar refractivity (Wildman–Crippen MR) is 76.6 cm³/mol. The van der Waals surface area contributed by atoms with Gasteiger partial charge in [-0.05, 0) is 49.9 Å². The van der Waals surface area contributed by atoms with Crippen molar-refractivity contribution in [3.05, 3.63) is 0 Å². The van der Waals surface area contributed by atoms with E-state index < -0.39 is 0 Å². The molecule has 0 heterocycles. The molecule has 0 amide bonds. The molecule has 0 saturated heterocycles. The summed E-state index contributed by atoms with van der Waals surface area (Å²) in [5, 5.41) is 1.02. The lowest BCUT2D eigenvalue weighted by molar-refractivity contribution is -0.0652. The fourth-order valence-electron chi connectivity index (χ4n) is 3.00. The second-order valence-electron chi connectivity index (χ2n) is 6.48. The average molecular weight is 303 g/mol. The molecule has 2 saturated carbocycles. The molecule has 0 spiro atoms. The largest absolute Gasteiger partial charge is 0.374 e. The zero-order valence-electron chi connectivity index (χ0n) is 11.4. The quantitative estimate of drug-likeness (QED) is 0.641. The van der Waals surface area contributed by atoms with Crippen LogP contribution in [0.4, 0.5) is 0 Å². The van der Waals surface area contributed by atoms with Gasteiger partial charge in [0.25, 0.3) is 0 Å². The molecular weight excluding hydrogens is 276 g/mol. The second kappa shape index (κ2) is 6.06. The number of ether oxygens (including phenoxy) is 1. The van der Waals surface area contributed by atoms with Crippen LogP contribution in [-0.4, -0.2) is 17.5 Å². The van der Waals surface area contributed by atoms with Crippen LogP contribution < -0.4 is 0 Å². The van der Waals surface area contributed by atoms with Crippen molar-refractivity contribution in [1.82, 2.24) is 0 Å². The number of alkyl halides is 1. The van der Waals surface area contributed by atoms with Crippen molar-refractivity contribution in [1.29, 1.82) is 0 Å². The highest BCUT2D eigenvalue weighted by Gasteiger charge is 2.36. The first-order valence-electron chi connectivity index (χ1n) is 7.35. The van der Waals surface area contributed by atoms with Gasteiger partial charge in [0.05, 0.1) is 5.60 Å². The van der Waals surface area contributed by atoms with Crippen molar-refractivity contribution >= 4 is 15.9 Å². The third-order valence-electron chi connectivity index (χ3n) is 4.76. The summed E-state index contributed by atoms with van der Waals surface area (Å²) < 4.78 is 6.25. The summed E-state index contributed by atoms with van der Waals surface area (Å²) in [7, 11) is 0. The van der Waals surface area contributed by atoms with Crippen LogP contribution in [0.3, 0.4) is 0 Å². The highest BCUT2D eigenvalue weighted by atomic mass is 79.9. The van der Waals surface area contributed by atoms with Crippen LogP contribution in [0.5, 0.6) is 0 Å². The molecule has 1 nitrogen and oxygen atoms in total. The summed E-state index contributed by atoms with van der Waals surface area (Å²) in [5.74, 6) is 2.76. The Labute approximate surface area is 115 Å².